The number of hydrogen-bond donors (Lipinski definition) is 2. The van der Waals surface area contributed by atoms with Gasteiger partial charge in [-0.25, -0.2) is 0 Å². The zero-order chi connectivity index (χ0) is 19.5. The predicted octanol–water partition coefficient (Wildman–Crippen LogP) is 0.126. The normalized spacial score (nSPS) is 37.0. The summed E-state index contributed by atoms with van der Waals surface area (Å²) in [6.45, 7) is 7.77. The number of carbonyl (C=O) groups excluding carboxylic acids is 1. The van der Waals surface area contributed by atoms with Crippen LogP contribution in [0.2, 0.25) is 0 Å². The van der Waals surface area contributed by atoms with Gasteiger partial charge in [0.05, 0.1) is 12.6 Å². The van der Waals surface area contributed by atoms with Gasteiger partial charge in [0.1, 0.15) is 6.04 Å². The number of hydrogen-bond acceptors (Lipinski definition) is 7. The van der Waals surface area contributed by atoms with Gasteiger partial charge in [-0.3, -0.25) is 20.5 Å². The van der Waals surface area contributed by atoms with Crippen LogP contribution in [0.4, 0.5) is 0 Å². The first-order valence-corrected chi connectivity index (χ1v) is 11.0. The van der Waals surface area contributed by atoms with E-state index in [-0.39, 0.29) is 24.1 Å². The highest BCUT2D eigenvalue weighted by Gasteiger charge is 2.44. The summed E-state index contributed by atoms with van der Waals surface area (Å²) >= 11 is 0. The minimum atomic E-state index is -0.157. The smallest absolute Gasteiger partial charge is 0.242 e. The highest BCUT2D eigenvalue weighted by Crippen LogP contribution is 2.35. The van der Waals surface area contributed by atoms with Gasteiger partial charge in [0, 0.05) is 57.3 Å². The Morgan fingerprint density at radius 1 is 1.21 bits per heavy atom. The second kappa shape index (κ2) is 8.95. The van der Waals surface area contributed by atoms with E-state index in [0.29, 0.717) is 18.5 Å². The van der Waals surface area contributed by atoms with Crippen LogP contribution in [0.5, 0.6) is 0 Å². The van der Waals surface area contributed by atoms with Crippen LogP contribution in [-0.4, -0.2) is 90.7 Å². The lowest BCUT2D eigenvalue weighted by Gasteiger charge is -2.49. The number of nitriles is 1. The molecule has 8 heteroatoms. The maximum atomic E-state index is 13.3. The number of nitrogens with one attached hydrogen (secondary N) is 2. The van der Waals surface area contributed by atoms with Crippen molar-refractivity contribution >= 4 is 5.91 Å². The van der Waals surface area contributed by atoms with Crippen molar-refractivity contribution in [1.29, 1.82) is 5.26 Å². The molecule has 4 fully saturated rings. The van der Waals surface area contributed by atoms with E-state index in [9.17, 15) is 10.1 Å². The standard InChI is InChI=1S/C20H34N6O2/c1-2-11-28-19-12-15(3-4-16(19)17-5-6-22-23-17)26-10-9-25-8-7-24(14-21)13-18(25)20(26)27/h15-19,22-23H,2-13H2,1H3/t15?,16?,17?,18-,19?/m1/s1. The molecule has 0 aromatic carbocycles. The van der Waals surface area contributed by atoms with Crippen LogP contribution in [0.25, 0.3) is 0 Å². The van der Waals surface area contributed by atoms with Gasteiger partial charge < -0.3 is 14.5 Å². The fourth-order valence-corrected chi connectivity index (χ4v) is 5.47. The largest absolute Gasteiger partial charge is 0.378 e. The molecule has 3 heterocycles. The van der Waals surface area contributed by atoms with Gasteiger partial charge in [0.2, 0.25) is 5.91 Å². The Morgan fingerprint density at radius 3 is 2.82 bits per heavy atom. The van der Waals surface area contributed by atoms with Crippen LogP contribution in [0, 0.1) is 17.4 Å². The zero-order valence-corrected chi connectivity index (χ0v) is 17.0. The van der Waals surface area contributed by atoms with Crippen molar-refractivity contribution in [2.75, 3.05) is 45.9 Å². The van der Waals surface area contributed by atoms with Crippen LogP contribution in [0.1, 0.15) is 39.0 Å². The highest BCUT2D eigenvalue weighted by atomic mass is 16.5. The Morgan fingerprint density at radius 2 is 2.07 bits per heavy atom. The number of nitrogens with zero attached hydrogens (tertiary/aromatic N) is 4. The van der Waals surface area contributed by atoms with Gasteiger partial charge >= 0.3 is 0 Å². The van der Waals surface area contributed by atoms with E-state index in [1.807, 2.05) is 0 Å². The molecule has 0 bridgehead atoms. The summed E-state index contributed by atoms with van der Waals surface area (Å²) in [6.07, 6.45) is 7.68. The van der Waals surface area contributed by atoms with E-state index in [1.54, 1.807) is 4.90 Å². The lowest BCUT2D eigenvalue weighted by Crippen LogP contribution is -2.66. The summed E-state index contributed by atoms with van der Waals surface area (Å²) in [6, 6.07) is 0.577. The highest BCUT2D eigenvalue weighted by molar-refractivity contribution is 5.83. The summed E-state index contributed by atoms with van der Waals surface area (Å²) < 4.78 is 6.29. The van der Waals surface area contributed by atoms with Crippen molar-refractivity contribution in [3.05, 3.63) is 0 Å². The molecule has 8 nitrogen and oxygen atoms in total. The molecule has 3 saturated heterocycles. The summed E-state index contributed by atoms with van der Waals surface area (Å²) in [5.74, 6) is 0.725. The average molecular weight is 391 g/mol. The van der Waals surface area contributed by atoms with Gasteiger partial charge in [-0.1, -0.05) is 6.92 Å². The van der Waals surface area contributed by atoms with Crippen molar-refractivity contribution in [3.8, 4) is 6.19 Å². The Bertz CT molecular complexity index is 590. The quantitative estimate of drug-likeness (QED) is 0.646. The van der Waals surface area contributed by atoms with E-state index < -0.39 is 0 Å². The molecule has 1 amide bonds. The first-order valence-electron chi connectivity index (χ1n) is 11.0. The third-order valence-corrected chi connectivity index (χ3v) is 7.01. The van der Waals surface area contributed by atoms with Crippen LogP contribution in [-0.2, 0) is 9.53 Å². The fourth-order valence-electron chi connectivity index (χ4n) is 5.47. The van der Waals surface area contributed by atoms with E-state index >= 15 is 0 Å². The minimum absolute atomic E-state index is 0.157. The van der Waals surface area contributed by atoms with E-state index in [4.69, 9.17) is 4.74 Å². The van der Waals surface area contributed by atoms with Gasteiger partial charge in [-0.05, 0) is 32.1 Å². The molecular formula is C20H34N6O2. The first-order chi connectivity index (χ1) is 13.7. The Balaban J connectivity index is 1.42. The SMILES string of the molecule is CCCOC1CC(N2CCN3CCN(C#N)C[C@@H]3C2=O)CCC1C1CCNN1. The summed E-state index contributed by atoms with van der Waals surface area (Å²) in [7, 11) is 0. The maximum absolute atomic E-state index is 13.3. The second-order valence-corrected chi connectivity index (χ2v) is 8.64. The van der Waals surface area contributed by atoms with Crippen LogP contribution in [0.3, 0.4) is 0 Å². The molecule has 1 aliphatic carbocycles. The van der Waals surface area contributed by atoms with Gasteiger partial charge in [-0.15, -0.1) is 0 Å². The van der Waals surface area contributed by atoms with Crippen molar-refractivity contribution in [2.45, 2.75) is 63.3 Å². The molecule has 4 unspecified atom stereocenters. The summed E-state index contributed by atoms with van der Waals surface area (Å²) in [5, 5.41) is 9.24. The molecule has 5 atom stereocenters. The molecule has 4 rings (SSSR count). The van der Waals surface area contributed by atoms with Crippen LogP contribution >= 0.6 is 0 Å². The summed E-state index contributed by atoms with van der Waals surface area (Å²) in [5.41, 5.74) is 6.69. The molecule has 28 heavy (non-hydrogen) atoms. The minimum Gasteiger partial charge on any atom is -0.378 e. The monoisotopic (exact) mass is 390 g/mol. The van der Waals surface area contributed by atoms with Crippen molar-refractivity contribution in [2.24, 2.45) is 5.92 Å². The van der Waals surface area contributed by atoms with Crippen molar-refractivity contribution < 1.29 is 9.53 Å². The van der Waals surface area contributed by atoms with Crippen molar-refractivity contribution in [1.82, 2.24) is 25.6 Å². The lowest BCUT2D eigenvalue weighted by atomic mass is 9.77. The maximum Gasteiger partial charge on any atom is 0.242 e. The number of piperazine rings is 2. The van der Waals surface area contributed by atoms with Gasteiger partial charge in [-0.2, -0.15) is 5.26 Å². The number of rotatable bonds is 5. The molecule has 3 aliphatic heterocycles. The number of ether oxygens (including phenoxy) is 1. The molecule has 0 aromatic heterocycles. The molecule has 0 radical (unpaired) electrons. The number of fused-ring (bicyclic) bond motifs is 1. The fraction of sp³-hybridized carbons (Fsp3) is 0.900. The van der Waals surface area contributed by atoms with E-state index in [0.717, 1.165) is 71.4 Å². The number of amides is 1. The molecule has 1 saturated carbocycles. The third kappa shape index (κ3) is 3.99. The number of hydrazine groups is 1. The molecule has 156 valence electrons. The van der Waals surface area contributed by atoms with Crippen LogP contribution in [0.15, 0.2) is 0 Å². The van der Waals surface area contributed by atoms with Gasteiger partial charge in [0.15, 0.2) is 6.19 Å². The number of carbonyl (C=O) groups is 1. The van der Waals surface area contributed by atoms with Gasteiger partial charge in [0.25, 0.3) is 0 Å². The Hall–Kier alpha value is -1.40. The molecule has 0 spiro atoms. The third-order valence-electron chi connectivity index (χ3n) is 7.01. The van der Waals surface area contributed by atoms with E-state index in [1.165, 1.54) is 0 Å². The predicted molar refractivity (Wildman–Crippen MR) is 105 cm³/mol. The topological polar surface area (TPSA) is 83.9 Å². The lowest BCUT2D eigenvalue weighted by molar-refractivity contribution is -0.150. The molecular weight excluding hydrogens is 356 g/mol. The average Bonchev–Trinajstić information content (AvgIpc) is 3.27. The Labute approximate surface area is 168 Å². The first kappa shape index (κ1) is 19.9. The molecule has 0 aromatic rings. The van der Waals surface area contributed by atoms with Crippen LogP contribution < -0.4 is 10.9 Å². The molecule has 4 aliphatic rings. The molecule has 2 N–H and O–H groups in total. The van der Waals surface area contributed by atoms with Crippen molar-refractivity contribution in [3.63, 3.8) is 0 Å². The second-order valence-electron chi connectivity index (χ2n) is 8.64. The Kier molecular flexibility index (Phi) is 6.36. The zero-order valence-electron chi connectivity index (χ0n) is 17.0. The summed E-state index contributed by atoms with van der Waals surface area (Å²) in [4.78, 5) is 19.4. The van der Waals surface area contributed by atoms with E-state index in [2.05, 4.69) is 33.8 Å².